The number of fused-ring (bicyclic) bond motifs is 1. The second-order valence-corrected chi connectivity index (χ2v) is 6.82. The fourth-order valence-electron chi connectivity index (χ4n) is 2.46. The van der Waals surface area contributed by atoms with E-state index in [2.05, 4.69) is 21.2 Å². The number of hydrogen-bond donors (Lipinski definition) is 3. The Morgan fingerprint density at radius 2 is 1.91 bits per heavy atom. The molecule has 3 N–H and O–H groups in total. The van der Waals surface area contributed by atoms with Crippen LogP contribution in [0.4, 0.5) is 0 Å². The van der Waals surface area contributed by atoms with E-state index >= 15 is 0 Å². The van der Waals surface area contributed by atoms with Gasteiger partial charge < -0.3 is 15.5 Å². The summed E-state index contributed by atoms with van der Waals surface area (Å²) in [4.78, 5) is 35.8. The second-order valence-electron chi connectivity index (χ2n) is 5.90. The van der Waals surface area contributed by atoms with Crippen LogP contribution in [-0.4, -0.2) is 33.9 Å². The minimum absolute atomic E-state index is 0.380. The van der Waals surface area contributed by atoms with Crippen molar-refractivity contribution < 1.29 is 24.6 Å². The highest BCUT2D eigenvalue weighted by Crippen LogP contribution is 2.40. The summed E-state index contributed by atoms with van der Waals surface area (Å²) >= 11 is 3.32. The first-order valence-corrected chi connectivity index (χ1v) is 7.68. The molecule has 1 aromatic rings. The van der Waals surface area contributed by atoms with Gasteiger partial charge in [0, 0.05) is 10.0 Å². The number of aliphatic carboxylic acids is 1. The van der Waals surface area contributed by atoms with Gasteiger partial charge in [-0.1, -0.05) is 15.9 Å². The van der Waals surface area contributed by atoms with Crippen LogP contribution < -0.4 is 5.32 Å². The summed E-state index contributed by atoms with van der Waals surface area (Å²) in [6.45, 7) is 4.59. The zero-order valence-electron chi connectivity index (χ0n) is 12.8. The molecule has 7 heteroatoms. The highest BCUT2D eigenvalue weighted by atomic mass is 79.9. The molecule has 0 saturated carbocycles. The van der Waals surface area contributed by atoms with Crippen LogP contribution in [0.2, 0.25) is 0 Å². The topological polar surface area (TPSA) is 104 Å². The lowest BCUT2D eigenvalue weighted by atomic mass is 9.71. The van der Waals surface area contributed by atoms with Crippen LogP contribution >= 0.6 is 15.9 Å². The summed E-state index contributed by atoms with van der Waals surface area (Å²) in [5, 5.41) is 21.4. The average Bonchev–Trinajstić information content (AvgIpc) is 2.45. The maximum Gasteiger partial charge on any atom is 0.325 e. The van der Waals surface area contributed by atoms with Gasteiger partial charge in [0.15, 0.2) is 5.78 Å². The maximum absolute atomic E-state index is 12.7. The fourth-order valence-corrected chi connectivity index (χ4v) is 2.82. The zero-order chi connectivity index (χ0) is 17.5. The van der Waals surface area contributed by atoms with E-state index in [1.165, 1.54) is 6.92 Å². The molecule has 122 valence electrons. The minimum Gasteiger partial charge on any atom is -0.506 e. The molecule has 1 aromatic carbocycles. The van der Waals surface area contributed by atoms with Crippen molar-refractivity contribution in [2.45, 2.75) is 32.2 Å². The number of halogens is 1. The third-order valence-corrected chi connectivity index (χ3v) is 4.38. The van der Waals surface area contributed by atoms with Crippen LogP contribution in [0.5, 0.6) is 0 Å². The normalized spacial score (nSPS) is 17.5. The quantitative estimate of drug-likeness (QED) is 0.696. The predicted molar refractivity (Wildman–Crippen MR) is 87.0 cm³/mol. The molecule has 0 saturated heterocycles. The van der Waals surface area contributed by atoms with Gasteiger partial charge >= 0.3 is 5.97 Å². The van der Waals surface area contributed by atoms with Crippen LogP contribution in [0.3, 0.4) is 0 Å². The summed E-state index contributed by atoms with van der Waals surface area (Å²) < 4.78 is 0.748. The molecule has 1 aliphatic carbocycles. The highest BCUT2D eigenvalue weighted by Gasteiger charge is 2.43. The smallest absolute Gasteiger partial charge is 0.325 e. The molecule has 2 rings (SSSR count). The number of carboxylic acid groups (broad SMARTS) is 1. The molecular weight excluding hydrogens is 366 g/mol. The van der Waals surface area contributed by atoms with E-state index in [9.17, 15) is 19.5 Å². The molecule has 1 aliphatic rings. The Kier molecular flexibility index (Phi) is 4.34. The van der Waals surface area contributed by atoms with Crippen LogP contribution in [0.1, 0.15) is 31.9 Å². The Hall–Kier alpha value is -2.15. The Morgan fingerprint density at radius 1 is 1.30 bits per heavy atom. The summed E-state index contributed by atoms with van der Waals surface area (Å²) in [7, 11) is 0. The van der Waals surface area contributed by atoms with Gasteiger partial charge in [-0.05, 0) is 44.5 Å². The number of aliphatic hydroxyl groups excluding tert-OH is 1. The Bertz CT molecular complexity index is 751. The van der Waals surface area contributed by atoms with E-state index in [1.54, 1.807) is 32.0 Å². The van der Waals surface area contributed by atoms with Crippen molar-refractivity contribution in [1.82, 2.24) is 5.32 Å². The molecule has 0 heterocycles. The van der Waals surface area contributed by atoms with Crippen molar-refractivity contribution in [3.8, 4) is 0 Å². The molecule has 0 fully saturated rings. The van der Waals surface area contributed by atoms with Gasteiger partial charge in [0.25, 0.3) is 5.91 Å². The van der Waals surface area contributed by atoms with E-state index in [1.807, 2.05) is 0 Å². The third-order valence-electron chi connectivity index (χ3n) is 3.89. The highest BCUT2D eigenvalue weighted by molar-refractivity contribution is 9.10. The summed E-state index contributed by atoms with van der Waals surface area (Å²) in [5.74, 6) is -3.13. The molecule has 0 aliphatic heterocycles. The fraction of sp³-hybridized carbons (Fsp3) is 0.312. The van der Waals surface area contributed by atoms with E-state index in [0.717, 1.165) is 4.47 Å². The van der Waals surface area contributed by atoms with Crippen molar-refractivity contribution in [3.63, 3.8) is 0 Å². The number of Topliss-reactive ketones (excluding diaryl/α,β-unsaturated/α-hetero) is 1. The van der Waals surface area contributed by atoms with Gasteiger partial charge in [0.2, 0.25) is 0 Å². The van der Waals surface area contributed by atoms with Gasteiger partial charge in [-0.2, -0.15) is 0 Å². The van der Waals surface area contributed by atoms with Crippen LogP contribution in [0, 0.1) is 0 Å². The molecule has 1 atom stereocenters. The first kappa shape index (κ1) is 17.2. The molecule has 0 bridgehead atoms. The maximum atomic E-state index is 12.7. The second kappa shape index (κ2) is 5.81. The number of hydrogen-bond acceptors (Lipinski definition) is 4. The largest absolute Gasteiger partial charge is 0.506 e. The standard InChI is InChI=1S/C16H16BrNO5/c1-7(15(22)23)18-14(21)11-12(19)9-5-4-8(17)6-10(9)16(2,3)13(11)20/h4-7,19H,1-3H3,(H,18,21)(H,22,23). The monoisotopic (exact) mass is 381 g/mol. The molecular formula is C16H16BrNO5. The number of ketones is 1. The van der Waals surface area contributed by atoms with Crippen molar-refractivity contribution in [2.24, 2.45) is 0 Å². The van der Waals surface area contributed by atoms with Gasteiger partial charge in [-0.3, -0.25) is 14.4 Å². The van der Waals surface area contributed by atoms with E-state index in [4.69, 9.17) is 5.11 Å². The first-order valence-electron chi connectivity index (χ1n) is 6.89. The summed E-state index contributed by atoms with van der Waals surface area (Å²) in [6, 6.07) is 3.84. The summed E-state index contributed by atoms with van der Waals surface area (Å²) in [5.41, 5.74) is -0.467. The lowest BCUT2D eigenvalue weighted by Crippen LogP contribution is -2.45. The van der Waals surface area contributed by atoms with E-state index in [0.29, 0.717) is 11.1 Å². The number of rotatable bonds is 3. The molecule has 0 spiro atoms. The molecule has 1 amide bonds. The SMILES string of the molecule is CC(NC(=O)C1=C(O)c2ccc(Br)cc2C(C)(C)C1=O)C(=O)O. The Balaban J connectivity index is 2.57. The lowest BCUT2D eigenvalue weighted by Gasteiger charge is -2.32. The zero-order valence-corrected chi connectivity index (χ0v) is 14.4. The Morgan fingerprint density at radius 3 is 2.48 bits per heavy atom. The number of amides is 1. The molecule has 0 radical (unpaired) electrons. The average molecular weight is 382 g/mol. The first-order chi connectivity index (χ1) is 10.6. The van der Waals surface area contributed by atoms with Crippen molar-refractivity contribution in [3.05, 3.63) is 39.4 Å². The number of benzene rings is 1. The molecule has 6 nitrogen and oxygen atoms in total. The van der Waals surface area contributed by atoms with Gasteiger partial charge in [-0.25, -0.2) is 0 Å². The Labute approximate surface area is 141 Å². The number of aliphatic hydroxyl groups is 1. The summed E-state index contributed by atoms with van der Waals surface area (Å²) in [6.07, 6.45) is 0. The van der Waals surface area contributed by atoms with Gasteiger partial charge in [-0.15, -0.1) is 0 Å². The molecule has 0 aromatic heterocycles. The van der Waals surface area contributed by atoms with E-state index in [-0.39, 0.29) is 0 Å². The van der Waals surface area contributed by atoms with Gasteiger partial charge in [0.1, 0.15) is 17.4 Å². The van der Waals surface area contributed by atoms with Crippen molar-refractivity contribution >= 4 is 39.3 Å². The van der Waals surface area contributed by atoms with Crippen molar-refractivity contribution in [1.29, 1.82) is 0 Å². The van der Waals surface area contributed by atoms with Crippen LogP contribution in [-0.2, 0) is 19.8 Å². The van der Waals surface area contributed by atoms with E-state index < -0.39 is 40.4 Å². The number of carbonyl (C=O) groups is 3. The number of carboxylic acids is 1. The van der Waals surface area contributed by atoms with Crippen LogP contribution in [0.25, 0.3) is 5.76 Å². The van der Waals surface area contributed by atoms with Gasteiger partial charge in [0.05, 0.1) is 5.41 Å². The lowest BCUT2D eigenvalue weighted by molar-refractivity contribution is -0.141. The number of nitrogens with one attached hydrogen (secondary N) is 1. The predicted octanol–water partition coefficient (Wildman–Crippen LogP) is 2.17. The molecule has 23 heavy (non-hydrogen) atoms. The molecule has 1 unspecified atom stereocenters. The minimum atomic E-state index is -1.23. The third kappa shape index (κ3) is 2.88. The van der Waals surface area contributed by atoms with Crippen molar-refractivity contribution in [2.75, 3.05) is 0 Å². The van der Waals surface area contributed by atoms with Crippen LogP contribution in [0.15, 0.2) is 28.2 Å². The number of carbonyl (C=O) groups excluding carboxylic acids is 2.